The highest BCUT2D eigenvalue weighted by Gasteiger charge is 2.18. The Morgan fingerprint density at radius 2 is 1.92 bits per heavy atom. The van der Waals surface area contributed by atoms with Gasteiger partial charge in [-0.15, -0.1) is 11.3 Å². The molecule has 2 aromatic carbocycles. The topological polar surface area (TPSA) is 36.3 Å². The predicted octanol–water partition coefficient (Wildman–Crippen LogP) is 5.20. The van der Waals surface area contributed by atoms with Gasteiger partial charge in [-0.25, -0.2) is 4.98 Å². The van der Waals surface area contributed by atoms with Crippen molar-refractivity contribution in [3.8, 4) is 22.9 Å². The Kier molecular flexibility index (Phi) is 3.43. The molecule has 0 spiro atoms. The Bertz CT molecular complexity index is 1090. The molecule has 0 fully saturated rings. The molecular weight excluding hydrogens is 356 g/mol. The van der Waals surface area contributed by atoms with Gasteiger partial charge in [-0.2, -0.15) is 0 Å². The SMILES string of the molecule is Clc1ccc(Cn2c(-c3ccc4c(c3)OCO4)nc3ccccc32)s1. The summed E-state index contributed by atoms with van der Waals surface area (Å²) in [4.78, 5) is 6.04. The van der Waals surface area contributed by atoms with Gasteiger partial charge in [0.25, 0.3) is 0 Å². The molecule has 0 amide bonds. The van der Waals surface area contributed by atoms with Crippen LogP contribution < -0.4 is 9.47 Å². The van der Waals surface area contributed by atoms with Crippen molar-refractivity contribution < 1.29 is 9.47 Å². The van der Waals surface area contributed by atoms with E-state index in [1.807, 2.05) is 42.5 Å². The van der Waals surface area contributed by atoms with Crippen LogP contribution in [0.4, 0.5) is 0 Å². The molecule has 6 heteroatoms. The zero-order valence-electron chi connectivity index (χ0n) is 13.1. The molecule has 4 aromatic rings. The molecule has 3 heterocycles. The number of nitrogens with zero attached hydrogens (tertiary/aromatic N) is 2. The Labute approximate surface area is 153 Å². The first-order valence-electron chi connectivity index (χ1n) is 7.87. The van der Waals surface area contributed by atoms with E-state index in [1.165, 1.54) is 4.88 Å². The molecule has 0 unspecified atom stereocenters. The number of aromatic nitrogens is 2. The lowest BCUT2D eigenvalue weighted by Crippen LogP contribution is -2.00. The second-order valence-corrected chi connectivity index (χ2v) is 7.58. The lowest BCUT2D eigenvalue weighted by molar-refractivity contribution is 0.174. The maximum Gasteiger partial charge on any atom is 0.231 e. The van der Waals surface area contributed by atoms with Crippen LogP contribution in [0.1, 0.15) is 4.88 Å². The third kappa shape index (κ3) is 2.56. The lowest BCUT2D eigenvalue weighted by Gasteiger charge is -2.09. The van der Waals surface area contributed by atoms with Gasteiger partial charge in [0.05, 0.1) is 21.9 Å². The number of benzene rings is 2. The van der Waals surface area contributed by atoms with Crippen LogP contribution in [-0.2, 0) is 6.54 Å². The van der Waals surface area contributed by atoms with Crippen molar-refractivity contribution in [3.63, 3.8) is 0 Å². The first-order chi connectivity index (χ1) is 12.3. The highest BCUT2D eigenvalue weighted by atomic mass is 35.5. The van der Waals surface area contributed by atoms with Gasteiger partial charge in [0.2, 0.25) is 6.79 Å². The van der Waals surface area contributed by atoms with Crippen LogP contribution >= 0.6 is 22.9 Å². The number of imidazole rings is 1. The molecular formula is C19H13ClN2O2S. The second kappa shape index (κ2) is 5.79. The summed E-state index contributed by atoms with van der Waals surface area (Å²) in [7, 11) is 0. The van der Waals surface area contributed by atoms with E-state index in [-0.39, 0.29) is 6.79 Å². The van der Waals surface area contributed by atoms with E-state index in [0.717, 1.165) is 44.8 Å². The minimum Gasteiger partial charge on any atom is -0.454 e. The van der Waals surface area contributed by atoms with Gasteiger partial charge in [-0.3, -0.25) is 0 Å². The Balaban J connectivity index is 1.68. The average Bonchev–Trinajstić information content (AvgIpc) is 3.33. The Morgan fingerprint density at radius 1 is 1.04 bits per heavy atom. The lowest BCUT2D eigenvalue weighted by atomic mass is 10.2. The smallest absolute Gasteiger partial charge is 0.231 e. The Morgan fingerprint density at radius 3 is 2.80 bits per heavy atom. The van der Waals surface area contributed by atoms with E-state index in [2.05, 4.69) is 16.7 Å². The fourth-order valence-corrected chi connectivity index (χ4v) is 4.16. The minimum atomic E-state index is 0.267. The minimum absolute atomic E-state index is 0.267. The van der Waals surface area contributed by atoms with E-state index in [1.54, 1.807) is 11.3 Å². The summed E-state index contributed by atoms with van der Waals surface area (Å²) in [6.45, 7) is 0.991. The first kappa shape index (κ1) is 14.8. The number of rotatable bonds is 3. The van der Waals surface area contributed by atoms with E-state index in [4.69, 9.17) is 26.1 Å². The molecule has 1 aliphatic rings. The molecule has 0 N–H and O–H groups in total. The maximum atomic E-state index is 6.10. The average molecular weight is 369 g/mol. The molecule has 1 aliphatic heterocycles. The van der Waals surface area contributed by atoms with Crippen LogP contribution in [0.5, 0.6) is 11.5 Å². The maximum absolute atomic E-state index is 6.10. The van der Waals surface area contributed by atoms with Crippen LogP contribution in [0.3, 0.4) is 0 Å². The number of ether oxygens (including phenoxy) is 2. The number of fused-ring (bicyclic) bond motifs is 2. The molecule has 0 atom stereocenters. The standard InChI is InChI=1S/C19H13ClN2O2S/c20-18-8-6-13(25-18)10-22-15-4-2-1-3-14(15)21-19(22)12-5-7-16-17(9-12)24-11-23-16/h1-9H,10-11H2. The molecule has 0 radical (unpaired) electrons. The van der Waals surface area contributed by atoms with Crippen LogP contribution in [0.2, 0.25) is 4.34 Å². The molecule has 124 valence electrons. The number of para-hydroxylation sites is 2. The van der Waals surface area contributed by atoms with E-state index >= 15 is 0 Å². The first-order valence-corrected chi connectivity index (χ1v) is 9.07. The number of thiophene rings is 1. The molecule has 5 rings (SSSR count). The molecule has 0 aliphatic carbocycles. The molecule has 4 nitrogen and oxygen atoms in total. The summed E-state index contributed by atoms with van der Waals surface area (Å²) in [6.07, 6.45) is 0. The zero-order valence-corrected chi connectivity index (χ0v) is 14.7. The highest BCUT2D eigenvalue weighted by molar-refractivity contribution is 7.16. The summed E-state index contributed by atoms with van der Waals surface area (Å²) in [5, 5.41) is 0. The second-order valence-electron chi connectivity index (χ2n) is 5.78. The van der Waals surface area contributed by atoms with Gasteiger partial charge in [-0.05, 0) is 42.5 Å². The summed E-state index contributed by atoms with van der Waals surface area (Å²) in [6, 6.07) is 18.1. The summed E-state index contributed by atoms with van der Waals surface area (Å²) >= 11 is 7.69. The largest absolute Gasteiger partial charge is 0.454 e. The molecule has 0 saturated heterocycles. The van der Waals surface area contributed by atoms with Gasteiger partial charge in [-0.1, -0.05) is 23.7 Å². The van der Waals surface area contributed by atoms with Crippen LogP contribution in [0, 0.1) is 0 Å². The third-order valence-electron chi connectivity index (χ3n) is 4.23. The summed E-state index contributed by atoms with van der Waals surface area (Å²) in [5.74, 6) is 2.44. The van der Waals surface area contributed by atoms with Gasteiger partial charge in [0, 0.05) is 10.4 Å². The summed E-state index contributed by atoms with van der Waals surface area (Å²) in [5.41, 5.74) is 3.07. The Hall–Kier alpha value is -2.50. The van der Waals surface area contributed by atoms with Crippen molar-refractivity contribution in [2.75, 3.05) is 6.79 Å². The molecule has 0 saturated carbocycles. The quantitative estimate of drug-likeness (QED) is 0.499. The number of hydrogen-bond donors (Lipinski definition) is 0. The zero-order chi connectivity index (χ0) is 16.8. The van der Waals surface area contributed by atoms with Crippen molar-refractivity contribution in [2.45, 2.75) is 6.54 Å². The normalized spacial score (nSPS) is 12.8. The van der Waals surface area contributed by atoms with Gasteiger partial charge >= 0.3 is 0 Å². The van der Waals surface area contributed by atoms with Crippen LogP contribution in [0.25, 0.3) is 22.4 Å². The van der Waals surface area contributed by atoms with Crippen molar-refractivity contribution >= 4 is 34.0 Å². The third-order valence-corrected chi connectivity index (χ3v) is 5.44. The molecule has 2 aromatic heterocycles. The van der Waals surface area contributed by atoms with Gasteiger partial charge < -0.3 is 14.0 Å². The fourth-order valence-electron chi connectivity index (χ4n) is 3.08. The van der Waals surface area contributed by atoms with Crippen molar-refractivity contribution in [1.82, 2.24) is 9.55 Å². The summed E-state index contributed by atoms with van der Waals surface area (Å²) < 4.78 is 13.9. The number of hydrogen-bond acceptors (Lipinski definition) is 4. The van der Waals surface area contributed by atoms with Crippen molar-refractivity contribution in [1.29, 1.82) is 0 Å². The van der Waals surface area contributed by atoms with E-state index in [9.17, 15) is 0 Å². The fraction of sp³-hybridized carbons (Fsp3) is 0.105. The van der Waals surface area contributed by atoms with Crippen LogP contribution in [-0.4, -0.2) is 16.3 Å². The predicted molar refractivity (Wildman–Crippen MR) is 99.7 cm³/mol. The van der Waals surface area contributed by atoms with Crippen LogP contribution in [0.15, 0.2) is 54.6 Å². The number of halogens is 1. The molecule has 0 bridgehead atoms. The van der Waals surface area contributed by atoms with E-state index < -0.39 is 0 Å². The monoisotopic (exact) mass is 368 g/mol. The highest BCUT2D eigenvalue weighted by Crippen LogP contribution is 2.37. The molecule has 25 heavy (non-hydrogen) atoms. The van der Waals surface area contributed by atoms with Gasteiger partial charge in [0.1, 0.15) is 5.82 Å². The van der Waals surface area contributed by atoms with E-state index in [0.29, 0.717) is 0 Å². The van der Waals surface area contributed by atoms with Gasteiger partial charge in [0.15, 0.2) is 11.5 Å². The van der Waals surface area contributed by atoms with Crippen molar-refractivity contribution in [2.24, 2.45) is 0 Å². The van der Waals surface area contributed by atoms with Crippen molar-refractivity contribution in [3.05, 3.63) is 63.8 Å².